The van der Waals surface area contributed by atoms with E-state index in [9.17, 15) is 9.59 Å². The number of likely N-dealkylation sites (tertiary alicyclic amines) is 1. The Balaban J connectivity index is 1.69. The van der Waals surface area contributed by atoms with Crippen LogP contribution < -0.4 is 0 Å². The first-order chi connectivity index (χ1) is 10.1. The van der Waals surface area contributed by atoms with Gasteiger partial charge in [0.25, 0.3) is 0 Å². The van der Waals surface area contributed by atoms with E-state index < -0.39 is 5.97 Å². The lowest BCUT2D eigenvalue weighted by molar-refractivity contribution is -0.301. The molecule has 0 unspecified atom stereocenters. The molecular formula is C15H19NO5. The van der Waals surface area contributed by atoms with Gasteiger partial charge in [0.05, 0.1) is 0 Å². The largest absolute Gasteiger partial charge is 0.445 e. The fourth-order valence-corrected chi connectivity index (χ4v) is 2.08. The number of carbonyl (C=O) groups is 2. The van der Waals surface area contributed by atoms with Crippen molar-refractivity contribution in [3.63, 3.8) is 0 Å². The predicted molar refractivity (Wildman–Crippen MR) is 74.1 cm³/mol. The highest BCUT2D eigenvalue weighted by Crippen LogP contribution is 2.15. The Labute approximate surface area is 123 Å². The highest BCUT2D eigenvalue weighted by atomic mass is 17.2. The minimum atomic E-state index is -0.472. The van der Waals surface area contributed by atoms with Crippen LogP contribution in [0.25, 0.3) is 0 Å². The molecule has 2 rings (SSSR count). The summed E-state index contributed by atoms with van der Waals surface area (Å²) in [5.74, 6) is -0.472. The fourth-order valence-electron chi connectivity index (χ4n) is 2.08. The molecule has 0 aliphatic carbocycles. The quantitative estimate of drug-likeness (QED) is 0.629. The van der Waals surface area contributed by atoms with Gasteiger partial charge < -0.3 is 9.64 Å². The number of nitrogens with zero attached hydrogens (tertiary/aromatic N) is 1. The molecule has 1 heterocycles. The Morgan fingerprint density at radius 2 is 1.86 bits per heavy atom. The van der Waals surface area contributed by atoms with Crippen LogP contribution in [0.3, 0.4) is 0 Å². The van der Waals surface area contributed by atoms with E-state index in [0.717, 1.165) is 5.56 Å². The smallest absolute Gasteiger partial charge is 0.410 e. The van der Waals surface area contributed by atoms with E-state index in [4.69, 9.17) is 9.62 Å². The van der Waals surface area contributed by atoms with Gasteiger partial charge in [0.1, 0.15) is 12.7 Å². The highest BCUT2D eigenvalue weighted by molar-refractivity contribution is 5.67. The monoisotopic (exact) mass is 293 g/mol. The van der Waals surface area contributed by atoms with Crippen molar-refractivity contribution < 1.29 is 24.1 Å². The van der Waals surface area contributed by atoms with Crippen molar-refractivity contribution in [3.8, 4) is 0 Å². The predicted octanol–water partition coefficient (Wildman–Crippen LogP) is 2.28. The molecule has 1 aromatic rings. The van der Waals surface area contributed by atoms with Crippen LogP contribution >= 0.6 is 0 Å². The first-order valence-electron chi connectivity index (χ1n) is 6.94. The number of hydrogen-bond acceptors (Lipinski definition) is 5. The van der Waals surface area contributed by atoms with Crippen molar-refractivity contribution in [1.82, 2.24) is 4.90 Å². The summed E-state index contributed by atoms with van der Waals surface area (Å²) in [5.41, 5.74) is 0.957. The van der Waals surface area contributed by atoms with Crippen LogP contribution in [0.1, 0.15) is 25.3 Å². The number of hydrogen-bond donors (Lipinski definition) is 0. The normalized spacial score (nSPS) is 15.6. The van der Waals surface area contributed by atoms with Crippen LogP contribution in [0, 0.1) is 0 Å². The van der Waals surface area contributed by atoms with Crippen LogP contribution in [0.2, 0.25) is 0 Å². The van der Waals surface area contributed by atoms with E-state index in [1.165, 1.54) is 6.92 Å². The maximum absolute atomic E-state index is 11.9. The zero-order chi connectivity index (χ0) is 15.1. The lowest BCUT2D eigenvalue weighted by Crippen LogP contribution is -2.41. The Kier molecular flexibility index (Phi) is 5.57. The summed E-state index contributed by atoms with van der Waals surface area (Å²) in [5, 5.41) is 0. The molecule has 0 saturated carbocycles. The summed E-state index contributed by atoms with van der Waals surface area (Å²) in [4.78, 5) is 33.7. The van der Waals surface area contributed by atoms with Crippen LogP contribution in [-0.2, 0) is 25.9 Å². The number of piperidine rings is 1. The maximum atomic E-state index is 11.9. The highest BCUT2D eigenvalue weighted by Gasteiger charge is 2.25. The molecule has 1 aliphatic rings. The van der Waals surface area contributed by atoms with E-state index in [-0.39, 0.29) is 18.8 Å². The molecule has 0 atom stereocenters. The van der Waals surface area contributed by atoms with Crippen molar-refractivity contribution in [2.75, 3.05) is 13.1 Å². The standard InChI is InChI=1S/C15H19NO5/c1-12(17)20-21-14-7-9-16(10-8-14)15(18)19-11-13-5-3-2-4-6-13/h2-6,14H,7-11H2,1H3. The van der Waals surface area contributed by atoms with Gasteiger partial charge in [0, 0.05) is 20.0 Å². The lowest BCUT2D eigenvalue weighted by Gasteiger charge is -2.30. The first kappa shape index (κ1) is 15.3. The fraction of sp³-hybridized carbons (Fsp3) is 0.467. The minimum absolute atomic E-state index is 0.160. The Bertz CT molecular complexity index is 468. The zero-order valence-electron chi connectivity index (χ0n) is 12.0. The number of benzene rings is 1. The summed E-state index contributed by atoms with van der Waals surface area (Å²) in [7, 11) is 0. The molecule has 0 bridgehead atoms. The molecule has 1 aromatic carbocycles. The number of amides is 1. The molecule has 0 N–H and O–H groups in total. The summed E-state index contributed by atoms with van der Waals surface area (Å²) in [6.07, 6.45) is 0.749. The van der Waals surface area contributed by atoms with Gasteiger partial charge in [-0.15, -0.1) is 0 Å². The molecule has 21 heavy (non-hydrogen) atoms. The van der Waals surface area contributed by atoms with Gasteiger partial charge in [-0.2, -0.15) is 4.89 Å². The van der Waals surface area contributed by atoms with E-state index in [2.05, 4.69) is 4.89 Å². The van der Waals surface area contributed by atoms with Crippen LogP contribution in [-0.4, -0.2) is 36.2 Å². The third kappa shape index (κ3) is 5.07. The van der Waals surface area contributed by atoms with E-state index in [1.807, 2.05) is 30.3 Å². The summed E-state index contributed by atoms with van der Waals surface area (Å²) < 4.78 is 5.26. The molecule has 6 nitrogen and oxygen atoms in total. The number of rotatable bonds is 4. The Morgan fingerprint density at radius 1 is 1.19 bits per heavy atom. The minimum Gasteiger partial charge on any atom is -0.445 e. The summed E-state index contributed by atoms with van der Waals surface area (Å²) >= 11 is 0. The second kappa shape index (κ2) is 7.64. The van der Waals surface area contributed by atoms with Gasteiger partial charge in [-0.25, -0.2) is 9.59 Å². The van der Waals surface area contributed by atoms with E-state index in [0.29, 0.717) is 25.9 Å². The van der Waals surface area contributed by atoms with Gasteiger partial charge in [0.15, 0.2) is 0 Å². The third-order valence-corrected chi connectivity index (χ3v) is 3.21. The summed E-state index contributed by atoms with van der Waals surface area (Å²) in [6, 6.07) is 9.54. The second-order valence-corrected chi connectivity index (χ2v) is 4.90. The molecule has 1 saturated heterocycles. The average Bonchev–Trinajstić information content (AvgIpc) is 2.52. The average molecular weight is 293 g/mol. The summed E-state index contributed by atoms with van der Waals surface area (Å²) in [6.45, 7) is 2.61. The van der Waals surface area contributed by atoms with Crippen molar-refractivity contribution in [1.29, 1.82) is 0 Å². The molecule has 1 aliphatic heterocycles. The lowest BCUT2D eigenvalue weighted by atomic mass is 10.1. The Morgan fingerprint density at radius 3 is 2.48 bits per heavy atom. The number of ether oxygens (including phenoxy) is 1. The molecule has 0 aromatic heterocycles. The third-order valence-electron chi connectivity index (χ3n) is 3.21. The maximum Gasteiger partial charge on any atom is 0.410 e. The van der Waals surface area contributed by atoms with Crippen molar-refractivity contribution in [2.24, 2.45) is 0 Å². The molecule has 1 fully saturated rings. The topological polar surface area (TPSA) is 65.1 Å². The van der Waals surface area contributed by atoms with Crippen molar-refractivity contribution in [3.05, 3.63) is 35.9 Å². The number of carbonyl (C=O) groups excluding carboxylic acids is 2. The Hall–Kier alpha value is -2.08. The SMILES string of the molecule is CC(=O)OOC1CCN(C(=O)OCc2ccccc2)CC1. The first-order valence-corrected chi connectivity index (χ1v) is 6.94. The molecule has 0 radical (unpaired) electrons. The van der Waals surface area contributed by atoms with Gasteiger partial charge in [-0.1, -0.05) is 30.3 Å². The van der Waals surface area contributed by atoms with Gasteiger partial charge in [-0.3, -0.25) is 4.89 Å². The molecule has 6 heteroatoms. The molecule has 1 amide bonds. The van der Waals surface area contributed by atoms with Crippen LogP contribution in [0.15, 0.2) is 30.3 Å². The zero-order valence-corrected chi connectivity index (χ0v) is 12.0. The second-order valence-electron chi connectivity index (χ2n) is 4.90. The molecule has 0 spiro atoms. The van der Waals surface area contributed by atoms with E-state index in [1.54, 1.807) is 4.90 Å². The van der Waals surface area contributed by atoms with Gasteiger partial charge in [0.2, 0.25) is 0 Å². The molecule has 114 valence electrons. The van der Waals surface area contributed by atoms with Gasteiger partial charge >= 0.3 is 12.1 Å². The van der Waals surface area contributed by atoms with Crippen molar-refractivity contribution >= 4 is 12.1 Å². The van der Waals surface area contributed by atoms with Crippen LogP contribution in [0.5, 0.6) is 0 Å². The molecular weight excluding hydrogens is 274 g/mol. The van der Waals surface area contributed by atoms with Crippen LogP contribution in [0.4, 0.5) is 4.79 Å². The van der Waals surface area contributed by atoms with Crippen molar-refractivity contribution in [2.45, 2.75) is 32.5 Å². The van der Waals surface area contributed by atoms with Gasteiger partial charge in [-0.05, 0) is 18.4 Å². The van der Waals surface area contributed by atoms with E-state index >= 15 is 0 Å².